The van der Waals surface area contributed by atoms with Gasteiger partial charge < -0.3 is 15.0 Å². The molecule has 1 heterocycles. The predicted molar refractivity (Wildman–Crippen MR) is 68.2 cm³/mol. The van der Waals surface area contributed by atoms with Crippen LogP contribution in [0.1, 0.15) is 37.0 Å². The number of rotatable bonds is 5. The highest BCUT2D eigenvalue weighted by Gasteiger charge is 2.19. The molecule has 2 rings (SSSR count). The van der Waals surface area contributed by atoms with Crippen LogP contribution < -0.4 is 5.32 Å². The Hall–Kier alpha value is -0.870. The molecule has 0 spiro atoms. The summed E-state index contributed by atoms with van der Waals surface area (Å²) >= 11 is 0. The lowest BCUT2D eigenvalue weighted by molar-refractivity contribution is 0.150. The third kappa shape index (κ3) is 2.87. The molecule has 17 heavy (non-hydrogen) atoms. The van der Waals surface area contributed by atoms with E-state index >= 15 is 0 Å². The van der Waals surface area contributed by atoms with E-state index in [1.165, 1.54) is 24.2 Å². The second-order valence-electron chi connectivity index (χ2n) is 4.83. The van der Waals surface area contributed by atoms with Gasteiger partial charge in [0.1, 0.15) is 5.82 Å². The topological polar surface area (TPSA) is 50.1 Å². The maximum absolute atomic E-state index is 9.97. The fourth-order valence-corrected chi connectivity index (χ4v) is 2.56. The van der Waals surface area contributed by atoms with Crippen LogP contribution in [0.25, 0.3) is 0 Å². The Kier molecular flexibility index (Phi) is 4.18. The molecule has 0 saturated heterocycles. The molecular weight excluding hydrogens is 214 g/mol. The first-order valence-corrected chi connectivity index (χ1v) is 6.66. The summed E-state index contributed by atoms with van der Waals surface area (Å²) in [6, 6.07) is 0. The van der Waals surface area contributed by atoms with Gasteiger partial charge in [0.2, 0.25) is 0 Å². The summed E-state index contributed by atoms with van der Waals surface area (Å²) in [5.41, 5.74) is 2.61. The van der Waals surface area contributed by atoms with Crippen molar-refractivity contribution in [2.45, 2.75) is 52.2 Å². The Morgan fingerprint density at radius 1 is 1.41 bits per heavy atom. The van der Waals surface area contributed by atoms with Gasteiger partial charge in [-0.2, -0.15) is 0 Å². The quantitative estimate of drug-likeness (QED) is 0.804. The number of aromatic nitrogens is 2. The molecular formula is C13H23N3O. The molecule has 0 bridgehead atoms. The molecule has 4 heteroatoms. The molecule has 0 radical (unpaired) electrons. The smallest absolute Gasteiger partial charge is 0.106 e. The van der Waals surface area contributed by atoms with E-state index < -0.39 is 0 Å². The minimum absolute atomic E-state index is 0.325. The molecule has 0 saturated carbocycles. The first-order valence-electron chi connectivity index (χ1n) is 6.66. The monoisotopic (exact) mass is 237 g/mol. The standard InChI is InChI=1S/C13H23N3O/c1-3-14-8-11(17)9-16-10(2)15-12-6-4-5-7-13(12)16/h11,14,17H,3-9H2,1-2H3. The van der Waals surface area contributed by atoms with Gasteiger partial charge in [0.25, 0.3) is 0 Å². The first-order chi connectivity index (χ1) is 8.22. The Morgan fingerprint density at radius 2 is 2.18 bits per heavy atom. The number of hydrogen-bond acceptors (Lipinski definition) is 3. The van der Waals surface area contributed by atoms with E-state index in [1.807, 2.05) is 6.92 Å². The van der Waals surface area contributed by atoms with Crippen molar-refractivity contribution >= 4 is 0 Å². The van der Waals surface area contributed by atoms with E-state index in [0.717, 1.165) is 25.2 Å². The summed E-state index contributed by atoms with van der Waals surface area (Å²) < 4.78 is 2.20. The lowest BCUT2D eigenvalue weighted by Gasteiger charge is -2.18. The summed E-state index contributed by atoms with van der Waals surface area (Å²) in [4.78, 5) is 4.62. The summed E-state index contributed by atoms with van der Waals surface area (Å²) in [5.74, 6) is 1.05. The molecule has 1 aromatic heterocycles. The Labute approximate surface area is 103 Å². The molecule has 96 valence electrons. The minimum atomic E-state index is -0.325. The average Bonchev–Trinajstić information content (AvgIpc) is 2.64. The number of hydrogen-bond donors (Lipinski definition) is 2. The zero-order valence-corrected chi connectivity index (χ0v) is 10.9. The number of aliphatic hydroxyl groups excluding tert-OH is 1. The molecule has 1 unspecified atom stereocenters. The number of nitrogens with zero attached hydrogens (tertiary/aromatic N) is 2. The van der Waals surface area contributed by atoms with Crippen LogP contribution in [0.5, 0.6) is 0 Å². The van der Waals surface area contributed by atoms with Crippen molar-refractivity contribution in [3.05, 3.63) is 17.2 Å². The SMILES string of the molecule is CCNCC(O)Cn1c(C)nc2c1CCCC2. The minimum Gasteiger partial charge on any atom is -0.390 e. The van der Waals surface area contributed by atoms with Gasteiger partial charge in [0, 0.05) is 12.2 Å². The Bertz CT molecular complexity index is 373. The highest BCUT2D eigenvalue weighted by atomic mass is 16.3. The predicted octanol–water partition coefficient (Wildman–Crippen LogP) is 1.04. The Balaban J connectivity index is 2.07. The number of aliphatic hydroxyl groups is 1. The van der Waals surface area contributed by atoms with E-state index in [1.54, 1.807) is 0 Å². The number of aryl methyl sites for hydroxylation is 2. The van der Waals surface area contributed by atoms with Crippen LogP contribution in [0, 0.1) is 6.92 Å². The zero-order valence-electron chi connectivity index (χ0n) is 10.9. The second-order valence-corrected chi connectivity index (χ2v) is 4.83. The third-order valence-corrected chi connectivity index (χ3v) is 3.45. The lowest BCUT2D eigenvalue weighted by atomic mass is 10.0. The molecule has 4 nitrogen and oxygen atoms in total. The van der Waals surface area contributed by atoms with Crippen molar-refractivity contribution in [1.82, 2.24) is 14.9 Å². The van der Waals surface area contributed by atoms with Crippen molar-refractivity contribution in [2.24, 2.45) is 0 Å². The highest BCUT2D eigenvalue weighted by molar-refractivity contribution is 5.20. The molecule has 2 N–H and O–H groups in total. The van der Waals surface area contributed by atoms with Crippen LogP contribution in [0.2, 0.25) is 0 Å². The normalized spacial score (nSPS) is 16.9. The van der Waals surface area contributed by atoms with Gasteiger partial charge in [-0.1, -0.05) is 6.92 Å². The molecule has 0 amide bonds. The number of nitrogens with one attached hydrogen (secondary N) is 1. The fourth-order valence-electron chi connectivity index (χ4n) is 2.56. The number of likely N-dealkylation sites (N-methyl/N-ethyl adjacent to an activating group) is 1. The van der Waals surface area contributed by atoms with Gasteiger partial charge in [0.15, 0.2) is 0 Å². The molecule has 0 fully saturated rings. The zero-order chi connectivity index (χ0) is 12.3. The summed E-state index contributed by atoms with van der Waals surface area (Å²) in [6.07, 6.45) is 4.40. The maximum atomic E-state index is 9.97. The van der Waals surface area contributed by atoms with Gasteiger partial charge in [-0.15, -0.1) is 0 Å². The van der Waals surface area contributed by atoms with Crippen LogP contribution in [0.3, 0.4) is 0 Å². The summed E-state index contributed by atoms with van der Waals surface area (Å²) in [6.45, 7) is 6.32. The van der Waals surface area contributed by atoms with Crippen molar-refractivity contribution < 1.29 is 5.11 Å². The Morgan fingerprint density at radius 3 is 2.94 bits per heavy atom. The second kappa shape index (κ2) is 5.65. The summed E-state index contributed by atoms with van der Waals surface area (Å²) in [5, 5.41) is 13.1. The van der Waals surface area contributed by atoms with Crippen LogP contribution in [-0.4, -0.2) is 33.9 Å². The number of fused-ring (bicyclic) bond motifs is 1. The van der Waals surface area contributed by atoms with Gasteiger partial charge in [-0.25, -0.2) is 4.98 Å². The van der Waals surface area contributed by atoms with Gasteiger partial charge in [0.05, 0.1) is 18.3 Å². The van der Waals surface area contributed by atoms with Gasteiger partial charge in [-0.05, 0) is 39.2 Å². The molecule has 1 aromatic rings. The molecule has 1 aliphatic carbocycles. The largest absolute Gasteiger partial charge is 0.390 e. The third-order valence-electron chi connectivity index (χ3n) is 3.45. The van der Waals surface area contributed by atoms with Crippen molar-refractivity contribution in [3.8, 4) is 0 Å². The van der Waals surface area contributed by atoms with Gasteiger partial charge >= 0.3 is 0 Å². The van der Waals surface area contributed by atoms with Crippen LogP contribution in [0.15, 0.2) is 0 Å². The van der Waals surface area contributed by atoms with E-state index in [-0.39, 0.29) is 6.10 Å². The van der Waals surface area contributed by atoms with Crippen molar-refractivity contribution in [3.63, 3.8) is 0 Å². The van der Waals surface area contributed by atoms with Crippen molar-refractivity contribution in [2.75, 3.05) is 13.1 Å². The molecule has 0 aromatic carbocycles. The highest BCUT2D eigenvalue weighted by Crippen LogP contribution is 2.22. The van der Waals surface area contributed by atoms with E-state index in [9.17, 15) is 5.11 Å². The van der Waals surface area contributed by atoms with Crippen molar-refractivity contribution in [1.29, 1.82) is 0 Å². The average molecular weight is 237 g/mol. The van der Waals surface area contributed by atoms with Gasteiger partial charge in [-0.3, -0.25) is 0 Å². The number of imidazole rings is 1. The lowest BCUT2D eigenvalue weighted by Crippen LogP contribution is -2.31. The van der Waals surface area contributed by atoms with E-state index in [0.29, 0.717) is 13.1 Å². The van der Waals surface area contributed by atoms with Crippen LogP contribution in [0.4, 0.5) is 0 Å². The first kappa shape index (κ1) is 12.6. The van der Waals surface area contributed by atoms with Crippen LogP contribution >= 0.6 is 0 Å². The van der Waals surface area contributed by atoms with Crippen LogP contribution in [-0.2, 0) is 19.4 Å². The van der Waals surface area contributed by atoms with E-state index in [2.05, 4.69) is 21.8 Å². The fraction of sp³-hybridized carbons (Fsp3) is 0.769. The molecule has 0 aliphatic heterocycles. The molecule has 1 aliphatic rings. The van der Waals surface area contributed by atoms with E-state index in [4.69, 9.17) is 0 Å². The maximum Gasteiger partial charge on any atom is 0.106 e. The summed E-state index contributed by atoms with van der Waals surface area (Å²) in [7, 11) is 0. The molecule has 1 atom stereocenters.